The molecule has 136 valence electrons. The van der Waals surface area contributed by atoms with E-state index in [2.05, 4.69) is 20.3 Å². The number of rotatable bonds is 3. The number of nitrogens with zero attached hydrogens (tertiary/aromatic N) is 4. The van der Waals surface area contributed by atoms with Crippen LogP contribution in [0, 0.1) is 0 Å². The Labute approximate surface area is 152 Å². The number of carbonyl (C=O) groups is 1. The van der Waals surface area contributed by atoms with Crippen molar-refractivity contribution < 1.29 is 9.53 Å². The van der Waals surface area contributed by atoms with Crippen molar-refractivity contribution in [3.63, 3.8) is 0 Å². The zero-order chi connectivity index (χ0) is 17.8. The van der Waals surface area contributed by atoms with Crippen LogP contribution in [0.2, 0.25) is 0 Å². The first-order valence-electron chi connectivity index (χ1n) is 9.12. The smallest absolute Gasteiger partial charge is 0.272 e. The number of hydrogen-bond donors (Lipinski definition) is 1. The number of hydrogen-bond acceptors (Lipinski definition) is 6. The van der Waals surface area contributed by atoms with Gasteiger partial charge in [-0.15, -0.1) is 0 Å². The third kappa shape index (κ3) is 3.67. The summed E-state index contributed by atoms with van der Waals surface area (Å²) >= 11 is 0. The molecule has 0 saturated carbocycles. The van der Waals surface area contributed by atoms with Gasteiger partial charge in [0.25, 0.3) is 5.91 Å². The van der Waals surface area contributed by atoms with E-state index in [-0.39, 0.29) is 11.5 Å². The molecule has 7 heteroatoms. The molecule has 7 nitrogen and oxygen atoms in total. The predicted molar refractivity (Wildman–Crippen MR) is 96.7 cm³/mol. The van der Waals surface area contributed by atoms with Crippen molar-refractivity contribution in [2.45, 2.75) is 37.3 Å². The Kier molecular flexibility index (Phi) is 4.79. The maximum absolute atomic E-state index is 12.6. The molecule has 0 radical (unpaired) electrons. The summed E-state index contributed by atoms with van der Waals surface area (Å²) in [5.41, 5.74) is 0.347. The lowest BCUT2D eigenvalue weighted by Gasteiger charge is -2.46. The zero-order valence-electron chi connectivity index (χ0n) is 14.7. The topological polar surface area (TPSA) is 80.2 Å². The number of nitrogens with one attached hydrogen (secondary N) is 1. The summed E-state index contributed by atoms with van der Waals surface area (Å²) in [7, 11) is 0. The number of piperidine rings is 1. The van der Waals surface area contributed by atoms with E-state index >= 15 is 0 Å². The van der Waals surface area contributed by atoms with Gasteiger partial charge < -0.3 is 15.0 Å². The molecule has 0 aliphatic carbocycles. The standard InChI is InChI=1S/C19H23N5O2/c25-17(16-4-1-2-8-20-16)24-11-6-19(7-12-24)14-15(5-13-26-19)23-18-21-9-3-10-22-18/h1-4,8-10,15H,5-7,11-14H2,(H,21,22,23)/t15-/m0/s1. The second kappa shape index (κ2) is 7.37. The molecule has 1 amide bonds. The highest BCUT2D eigenvalue weighted by Crippen LogP contribution is 2.36. The van der Waals surface area contributed by atoms with Crippen LogP contribution in [0.1, 0.15) is 36.2 Å². The molecule has 2 fully saturated rings. The number of amides is 1. The van der Waals surface area contributed by atoms with Crippen LogP contribution in [0.3, 0.4) is 0 Å². The fourth-order valence-electron chi connectivity index (χ4n) is 3.82. The number of carbonyl (C=O) groups excluding carboxylic acids is 1. The lowest BCUT2D eigenvalue weighted by Crippen LogP contribution is -2.52. The Morgan fingerprint density at radius 1 is 1.12 bits per heavy atom. The van der Waals surface area contributed by atoms with Crippen LogP contribution < -0.4 is 5.32 Å². The lowest BCUT2D eigenvalue weighted by molar-refractivity contribution is -0.110. The van der Waals surface area contributed by atoms with Crippen molar-refractivity contribution in [2.24, 2.45) is 0 Å². The van der Waals surface area contributed by atoms with Crippen molar-refractivity contribution in [2.75, 3.05) is 25.0 Å². The summed E-state index contributed by atoms with van der Waals surface area (Å²) in [4.78, 5) is 27.1. The van der Waals surface area contributed by atoms with Gasteiger partial charge in [0.1, 0.15) is 5.69 Å². The third-order valence-electron chi connectivity index (χ3n) is 5.24. The molecule has 0 aromatic carbocycles. The van der Waals surface area contributed by atoms with E-state index in [1.807, 2.05) is 23.1 Å². The summed E-state index contributed by atoms with van der Waals surface area (Å²) in [5.74, 6) is 0.668. The summed E-state index contributed by atoms with van der Waals surface area (Å²) in [6.45, 7) is 2.12. The van der Waals surface area contributed by atoms with Crippen LogP contribution >= 0.6 is 0 Å². The molecule has 2 aliphatic rings. The van der Waals surface area contributed by atoms with Gasteiger partial charge in [0.2, 0.25) is 5.95 Å². The molecular weight excluding hydrogens is 330 g/mol. The monoisotopic (exact) mass is 353 g/mol. The molecule has 2 aromatic rings. The fraction of sp³-hybridized carbons (Fsp3) is 0.474. The predicted octanol–water partition coefficient (Wildman–Crippen LogP) is 2.14. The zero-order valence-corrected chi connectivity index (χ0v) is 14.7. The van der Waals surface area contributed by atoms with Crippen LogP contribution in [0.5, 0.6) is 0 Å². The van der Waals surface area contributed by atoms with Gasteiger partial charge in [0, 0.05) is 44.3 Å². The molecule has 1 atom stereocenters. The largest absolute Gasteiger partial charge is 0.375 e. The van der Waals surface area contributed by atoms with Crippen LogP contribution in [-0.2, 0) is 4.74 Å². The van der Waals surface area contributed by atoms with E-state index < -0.39 is 0 Å². The molecule has 4 heterocycles. The normalized spacial score (nSPS) is 22.2. The number of anilines is 1. The number of ether oxygens (including phenoxy) is 1. The lowest BCUT2D eigenvalue weighted by atomic mass is 9.82. The minimum atomic E-state index is -0.161. The molecule has 2 saturated heterocycles. The van der Waals surface area contributed by atoms with E-state index in [1.165, 1.54) is 0 Å². The maximum atomic E-state index is 12.6. The number of likely N-dealkylation sites (tertiary alicyclic amines) is 1. The molecule has 26 heavy (non-hydrogen) atoms. The van der Waals surface area contributed by atoms with Crippen molar-refractivity contribution in [1.29, 1.82) is 0 Å². The van der Waals surface area contributed by atoms with E-state index in [4.69, 9.17) is 4.74 Å². The molecule has 1 N–H and O–H groups in total. The first-order valence-corrected chi connectivity index (χ1v) is 9.12. The average molecular weight is 353 g/mol. The van der Waals surface area contributed by atoms with E-state index in [1.54, 1.807) is 24.7 Å². The highest BCUT2D eigenvalue weighted by Gasteiger charge is 2.41. The Balaban J connectivity index is 1.36. The van der Waals surface area contributed by atoms with Gasteiger partial charge in [-0.05, 0) is 43.9 Å². The quantitative estimate of drug-likeness (QED) is 0.911. The van der Waals surface area contributed by atoms with Crippen molar-refractivity contribution >= 4 is 11.9 Å². The van der Waals surface area contributed by atoms with Crippen LogP contribution in [-0.4, -0.2) is 57.1 Å². The highest BCUT2D eigenvalue weighted by molar-refractivity contribution is 5.92. The second-order valence-electron chi connectivity index (χ2n) is 6.95. The molecule has 2 aromatic heterocycles. The Morgan fingerprint density at radius 2 is 1.88 bits per heavy atom. The molecular formula is C19H23N5O2. The Hall–Kier alpha value is -2.54. The summed E-state index contributed by atoms with van der Waals surface area (Å²) in [6, 6.07) is 7.54. The summed E-state index contributed by atoms with van der Waals surface area (Å²) in [5, 5.41) is 3.42. The number of pyridine rings is 1. The molecule has 1 spiro atoms. The second-order valence-corrected chi connectivity index (χ2v) is 6.95. The van der Waals surface area contributed by atoms with Crippen molar-refractivity contribution in [3.8, 4) is 0 Å². The van der Waals surface area contributed by atoms with Crippen molar-refractivity contribution in [3.05, 3.63) is 48.5 Å². The van der Waals surface area contributed by atoms with Crippen LogP contribution in [0.25, 0.3) is 0 Å². The van der Waals surface area contributed by atoms with Crippen LogP contribution in [0.15, 0.2) is 42.9 Å². The third-order valence-corrected chi connectivity index (χ3v) is 5.24. The highest BCUT2D eigenvalue weighted by atomic mass is 16.5. The summed E-state index contributed by atoms with van der Waals surface area (Å²) in [6.07, 6.45) is 8.69. The van der Waals surface area contributed by atoms with E-state index in [0.29, 0.717) is 30.8 Å². The van der Waals surface area contributed by atoms with Gasteiger partial charge in [-0.1, -0.05) is 6.07 Å². The maximum Gasteiger partial charge on any atom is 0.272 e. The molecule has 4 rings (SSSR count). The van der Waals surface area contributed by atoms with Crippen molar-refractivity contribution in [1.82, 2.24) is 19.9 Å². The van der Waals surface area contributed by atoms with Gasteiger partial charge in [0.05, 0.1) is 5.60 Å². The average Bonchev–Trinajstić information content (AvgIpc) is 2.70. The minimum absolute atomic E-state index is 0.00335. The molecule has 0 unspecified atom stereocenters. The van der Waals surface area contributed by atoms with Gasteiger partial charge in [-0.3, -0.25) is 9.78 Å². The fourth-order valence-corrected chi connectivity index (χ4v) is 3.82. The first-order chi connectivity index (χ1) is 12.7. The summed E-state index contributed by atoms with van der Waals surface area (Å²) < 4.78 is 6.17. The SMILES string of the molecule is O=C(c1ccccn1)N1CCC2(CC1)C[C@@H](Nc1ncccn1)CCO2. The van der Waals surface area contributed by atoms with E-state index in [9.17, 15) is 4.79 Å². The number of aromatic nitrogens is 3. The van der Waals surface area contributed by atoms with Gasteiger partial charge in [-0.25, -0.2) is 9.97 Å². The van der Waals surface area contributed by atoms with Gasteiger partial charge >= 0.3 is 0 Å². The van der Waals surface area contributed by atoms with Crippen LogP contribution in [0.4, 0.5) is 5.95 Å². The molecule has 0 bridgehead atoms. The van der Waals surface area contributed by atoms with E-state index in [0.717, 1.165) is 32.3 Å². The minimum Gasteiger partial charge on any atom is -0.375 e. The molecule has 2 aliphatic heterocycles. The van der Waals surface area contributed by atoms with Gasteiger partial charge in [-0.2, -0.15) is 0 Å². The van der Waals surface area contributed by atoms with Gasteiger partial charge in [0.15, 0.2) is 0 Å². The Bertz CT molecular complexity index is 732. The first kappa shape index (κ1) is 16.9. The Morgan fingerprint density at radius 3 is 2.62 bits per heavy atom.